The highest BCUT2D eigenvalue weighted by Crippen LogP contribution is 2.31. The Balaban J connectivity index is 2.35. The lowest BCUT2D eigenvalue weighted by Crippen LogP contribution is -2.53. The van der Waals surface area contributed by atoms with Gasteiger partial charge < -0.3 is 15.3 Å². The third kappa shape index (κ3) is 5.19. The van der Waals surface area contributed by atoms with Crippen molar-refractivity contribution in [3.05, 3.63) is 0 Å². The van der Waals surface area contributed by atoms with Crippen LogP contribution in [0.1, 0.15) is 51.4 Å². The van der Waals surface area contributed by atoms with Gasteiger partial charge in [-0.3, -0.25) is 9.59 Å². The summed E-state index contributed by atoms with van der Waals surface area (Å²) in [6.07, 6.45) is 6.73. The Bertz CT molecular complexity index is 310. The predicted molar refractivity (Wildman–Crippen MR) is 74.0 cm³/mol. The topological polar surface area (TPSA) is 69.6 Å². The maximum absolute atomic E-state index is 11.7. The number of carbonyl (C=O) groups is 2. The molecule has 1 rings (SSSR count). The van der Waals surface area contributed by atoms with Gasteiger partial charge in [-0.15, -0.1) is 0 Å². The number of hydrogen-bond acceptors (Lipinski definition) is 3. The Hall–Kier alpha value is -1.10. The van der Waals surface area contributed by atoms with Crippen molar-refractivity contribution in [3.63, 3.8) is 0 Å². The van der Waals surface area contributed by atoms with Gasteiger partial charge in [0.25, 0.3) is 0 Å². The van der Waals surface area contributed by atoms with Crippen molar-refractivity contribution >= 4 is 11.9 Å². The van der Waals surface area contributed by atoms with E-state index in [2.05, 4.69) is 24.3 Å². The maximum atomic E-state index is 11.7. The highest BCUT2D eigenvalue weighted by atomic mass is 16.4. The molecule has 0 aliphatic heterocycles. The summed E-state index contributed by atoms with van der Waals surface area (Å²) in [5.41, 5.74) is 0.0840. The quantitative estimate of drug-likeness (QED) is 0.737. The first kappa shape index (κ1) is 16.0. The smallest absolute Gasteiger partial charge is 0.303 e. The van der Waals surface area contributed by atoms with Crippen LogP contribution in [0.15, 0.2) is 0 Å². The van der Waals surface area contributed by atoms with Crippen molar-refractivity contribution in [1.82, 2.24) is 10.2 Å². The van der Waals surface area contributed by atoms with Crippen LogP contribution < -0.4 is 5.32 Å². The molecule has 0 heterocycles. The van der Waals surface area contributed by atoms with E-state index in [-0.39, 0.29) is 17.9 Å². The second kappa shape index (κ2) is 7.48. The SMILES string of the molecule is CN(C)C1(CNC(=O)CCCC(=O)O)CCCCC1. The molecule has 1 aliphatic carbocycles. The van der Waals surface area contributed by atoms with Gasteiger partial charge >= 0.3 is 5.97 Å². The molecule has 1 amide bonds. The fraction of sp³-hybridized carbons (Fsp3) is 0.857. The van der Waals surface area contributed by atoms with E-state index in [0.717, 1.165) is 12.8 Å². The van der Waals surface area contributed by atoms with E-state index in [1.54, 1.807) is 0 Å². The van der Waals surface area contributed by atoms with E-state index in [1.807, 2.05) is 0 Å². The summed E-state index contributed by atoms with van der Waals surface area (Å²) in [5.74, 6) is -0.877. The van der Waals surface area contributed by atoms with Gasteiger partial charge in [0.15, 0.2) is 0 Å². The minimum atomic E-state index is -0.843. The Morgan fingerprint density at radius 2 is 1.79 bits per heavy atom. The Kier molecular flexibility index (Phi) is 6.28. The number of carboxylic acid groups (broad SMARTS) is 1. The zero-order chi connectivity index (χ0) is 14.3. The predicted octanol–water partition coefficient (Wildman–Crippen LogP) is 1.62. The molecule has 0 spiro atoms. The number of carboxylic acids is 1. The minimum absolute atomic E-state index is 0.0342. The van der Waals surface area contributed by atoms with E-state index in [0.29, 0.717) is 19.4 Å². The van der Waals surface area contributed by atoms with Gasteiger partial charge in [0, 0.05) is 24.9 Å². The number of aliphatic carboxylic acids is 1. The summed E-state index contributed by atoms with van der Waals surface area (Å²) in [4.78, 5) is 24.3. The first-order valence-corrected chi connectivity index (χ1v) is 7.12. The molecule has 0 radical (unpaired) electrons. The molecule has 2 N–H and O–H groups in total. The van der Waals surface area contributed by atoms with Gasteiger partial charge in [0.2, 0.25) is 5.91 Å². The monoisotopic (exact) mass is 270 g/mol. The molecule has 0 unspecified atom stereocenters. The molecule has 0 saturated heterocycles. The molecule has 110 valence electrons. The lowest BCUT2D eigenvalue weighted by atomic mass is 9.80. The summed E-state index contributed by atoms with van der Waals surface area (Å²) < 4.78 is 0. The molecule has 0 aromatic heterocycles. The number of nitrogens with zero attached hydrogens (tertiary/aromatic N) is 1. The summed E-state index contributed by atoms with van der Waals surface area (Å²) in [6, 6.07) is 0. The Morgan fingerprint density at radius 1 is 1.16 bits per heavy atom. The molecule has 19 heavy (non-hydrogen) atoms. The van der Waals surface area contributed by atoms with Crippen LogP contribution in [0.5, 0.6) is 0 Å². The Morgan fingerprint density at radius 3 is 2.32 bits per heavy atom. The van der Waals surface area contributed by atoms with Crippen molar-refractivity contribution in [1.29, 1.82) is 0 Å². The van der Waals surface area contributed by atoms with Crippen LogP contribution >= 0.6 is 0 Å². The van der Waals surface area contributed by atoms with Crippen molar-refractivity contribution in [2.45, 2.75) is 56.9 Å². The van der Waals surface area contributed by atoms with Crippen molar-refractivity contribution < 1.29 is 14.7 Å². The average Bonchev–Trinajstić information content (AvgIpc) is 2.37. The van der Waals surface area contributed by atoms with Crippen LogP contribution in [0.2, 0.25) is 0 Å². The molecule has 0 aromatic carbocycles. The molecule has 1 saturated carbocycles. The number of rotatable bonds is 7. The first-order valence-electron chi connectivity index (χ1n) is 7.12. The fourth-order valence-corrected chi connectivity index (χ4v) is 2.74. The summed E-state index contributed by atoms with van der Waals surface area (Å²) >= 11 is 0. The van der Waals surface area contributed by atoms with E-state index in [9.17, 15) is 9.59 Å². The van der Waals surface area contributed by atoms with Crippen molar-refractivity contribution in [3.8, 4) is 0 Å². The molecule has 1 aliphatic rings. The molecule has 5 nitrogen and oxygen atoms in total. The van der Waals surface area contributed by atoms with Crippen LogP contribution in [0, 0.1) is 0 Å². The lowest BCUT2D eigenvalue weighted by Gasteiger charge is -2.43. The van der Waals surface area contributed by atoms with Crippen LogP contribution in [0.3, 0.4) is 0 Å². The van der Waals surface area contributed by atoms with E-state index < -0.39 is 5.97 Å². The average molecular weight is 270 g/mol. The zero-order valence-electron chi connectivity index (χ0n) is 12.1. The molecule has 0 bridgehead atoms. The minimum Gasteiger partial charge on any atom is -0.481 e. The highest BCUT2D eigenvalue weighted by Gasteiger charge is 2.34. The van der Waals surface area contributed by atoms with Gasteiger partial charge in [-0.2, -0.15) is 0 Å². The summed E-state index contributed by atoms with van der Waals surface area (Å²) in [7, 11) is 4.14. The second-order valence-electron chi connectivity index (χ2n) is 5.70. The van der Waals surface area contributed by atoms with E-state index >= 15 is 0 Å². The van der Waals surface area contributed by atoms with Crippen LogP contribution in [0.25, 0.3) is 0 Å². The lowest BCUT2D eigenvalue weighted by molar-refractivity contribution is -0.137. The van der Waals surface area contributed by atoms with Crippen molar-refractivity contribution in [2.75, 3.05) is 20.6 Å². The normalized spacial score (nSPS) is 18.3. The number of likely N-dealkylation sites (N-methyl/N-ethyl adjacent to an activating group) is 1. The second-order valence-corrected chi connectivity index (χ2v) is 5.70. The van der Waals surface area contributed by atoms with Crippen LogP contribution in [0.4, 0.5) is 0 Å². The third-order valence-corrected chi connectivity index (χ3v) is 4.14. The molecule has 0 aromatic rings. The Labute approximate surface area is 115 Å². The first-order chi connectivity index (χ1) is 8.96. The van der Waals surface area contributed by atoms with E-state index in [4.69, 9.17) is 5.11 Å². The van der Waals surface area contributed by atoms with Gasteiger partial charge in [-0.05, 0) is 33.4 Å². The van der Waals surface area contributed by atoms with Gasteiger partial charge in [0.1, 0.15) is 0 Å². The van der Waals surface area contributed by atoms with E-state index in [1.165, 1.54) is 19.3 Å². The maximum Gasteiger partial charge on any atom is 0.303 e. The third-order valence-electron chi connectivity index (χ3n) is 4.14. The zero-order valence-corrected chi connectivity index (χ0v) is 12.1. The largest absolute Gasteiger partial charge is 0.481 e. The number of nitrogens with one attached hydrogen (secondary N) is 1. The van der Waals surface area contributed by atoms with Crippen LogP contribution in [-0.2, 0) is 9.59 Å². The summed E-state index contributed by atoms with van der Waals surface area (Å²) in [5, 5.41) is 11.5. The number of carbonyl (C=O) groups excluding carboxylic acids is 1. The number of amides is 1. The fourth-order valence-electron chi connectivity index (χ4n) is 2.74. The molecule has 1 fully saturated rings. The molecular formula is C14H26N2O3. The summed E-state index contributed by atoms with van der Waals surface area (Å²) in [6.45, 7) is 0.673. The molecule has 5 heteroatoms. The van der Waals surface area contributed by atoms with Crippen molar-refractivity contribution in [2.24, 2.45) is 0 Å². The standard InChI is InChI=1S/C14H26N2O3/c1-16(2)14(9-4-3-5-10-14)11-15-12(17)7-6-8-13(18)19/h3-11H2,1-2H3,(H,15,17)(H,18,19). The van der Waals surface area contributed by atoms with Gasteiger partial charge in [-0.1, -0.05) is 19.3 Å². The van der Waals surface area contributed by atoms with Gasteiger partial charge in [-0.25, -0.2) is 0 Å². The molecule has 0 atom stereocenters. The molecular weight excluding hydrogens is 244 g/mol. The van der Waals surface area contributed by atoms with Crippen LogP contribution in [-0.4, -0.2) is 48.1 Å². The highest BCUT2D eigenvalue weighted by molar-refractivity contribution is 5.76. The van der Waals surface area contributed by atoms with Gasteiger partial charge in [0.05, 0.1) is 0 Å². The number of hydrogen-bond donors (Lipinski definition) is 2.